The third kappa shape index (κ3) is 5.16. The van der Waals surface area contributed by atoms with Crippen LogP contribution < -0.4 is 5.73 Å². The van der Waals surface area contributed by atoms with Crippen molar-refractivity contribution in [2.45, 2.75) is 25.3 Å². The first-order chi connectivity index (χ1) is 12.1. The van der Waals surface area contributed by atoms with Crippen LogP contribution in [0.15, 0.2) is 0 Å². The van der Waals surface area contributed by atoms with Gasteiger partial charge in [0.2, 0.25) is 5.91 Å². The van der Waals surface area contributed by atoms with Crippen LogP contribution in [-0.4, -0.2) is 98.7 Å². The van der Waals surface area contributed by atoms with Crippen LogP contribution in [0.1, 0.15) is 19.3 Å². The fourth-order valence-corrected chi connectivity index (χ4v) is 5.13. The molecule has 2 aliphatic heterocycles. The quantitative estimate of drug-likeness (QED) is 0.560. The van der Waals surface area contributed by atoms with Crippen molar-refractivity contribution >= 4 is 27.6 Å². The first-order valence-corrected chi connectivity index (χ1v) is 10.7. The molecule has 148 valence electrons. The minimum atomic E-state index is -3.16. The van der Waals surface area contributed by atoms with Crippen LogP contribution in [0.25, 0.3) is 0 Å². The van der Waals surface area contributed by atoms with E-state index in [1.54, 1.807) is 0 Å². The molecule has 2 rings (SSSR count). The Hall–Kier alpha value is -1.68. The fourth-order valence-electron chi connectivity index (χ4n) is 3.40. The van der Waals surface area contributed by atoms with Gasteiger partial charge in [0, 0.05) is 38.1 Å². The molecular weight excluding hydrogens is 360 g/mol. The van der Waals surface area contributed by atoms with E-state index in [-0.39, 0.29) is 23.3 Å². The first-order valence-electron chi connectivity index (χ1n) is 8.85. The molecular formula is C16H28N4O5S. The van der Waals surface area contributed by atoms with Crippen LogP contribution in [0, 0.1) is 5.92 Å². The molecule has 0 aromatic heterocycles. The van der Waals surface area contributed by atoms with E-state index in [0.29, 0.717) is 45.4 Å². The lowest BCUT2D eigenvalue weighted by Gasteiger charge is -2.34. The minimum absolute atomic E-state index is 0.0433. The number of nitrogens with two attached hydrogens (primary N) is 1. The molecule has 2 aliphatic rings. The molecule has 0 bridgehead atoms. The average Bonchev–Trinajstić information content (AvgIpc) is 2.93. The summed E-state index contributed by atoms with van der Waals surface area (Å²) in [4.78, 5) is 41.4. The second-order valence-electron chi connectivity index (χ2n) is 7.33. The Kier molecular flexibility index (Phi) is 6.62. The summed E-state index contributed by atoms with van der Waals surface area (Å²) in [5.74, 6) is -1.99. The van der Waals surface area contributed by atoms with E-state index in [0.717, 1.165) is 0 Å². The Labute approximate surface area is 154 Å². The van der Waals surface area contributed by atoms with Gasteiger partial charge in [0.1, 0.15) is 0 Å². The van der Waals surface area contributed by atoms with Crippen molar-refractivity contribution in [1.29, 1.82) is 0 Å². The van der Waals surface area contributed by atoms with Crippen molar-refractivity contribution in [2.24, 2.45) is 11.7 Å². The summed E-state index contributed by atoms with van der Waals surface area (Å²) in [6, 6.07) is -0.459. The van der Waals surface area contributed by atoms with E-state index >= 15 is 0 Å². The maximum absolute atomic E-state index is 12.8. The van der Waals surface area contributed by atoms with Crippen molar-refractivity contribution in [3.63, 3.8) is 0 Å². The third-order valence-electron chi connectivity index (χ3n) is 5.07. The Bertz CT molecular complexity index is 656. The molecule has 1 atom stereocenters. The van der Waals surface area contributed by atoms with Crippen molar-refractivity contribution in [3.8, 4) is 0 Å². The van der Waals surface area contributed by atoms with Crippen molar-refractivity contribution in [1.82, 2.24) is 14.7 Å². The number of likely N-dealkylation sites (tertiary alicyclic amines) is 1. The summed E-state index contributed by atoms with van der Waals surface area (Å²) in [6.45, 7) is 1.46. The van der Waals surface area contributed by atoms with Gasteiger partial charge in [0.15, 0.2) is 9.84 Å². The molecule has 0 aliphatic carbocycles. The highest BCUT2D eigenvalue weighted by Crippen LogP contribution is 2.20. The van der Waals surface area contributed by atoms with Gasteiger partial charge in [0.05, 0.1) is 11.5 Å². The van der Waals surface area contributed by atoms with Gasteiger partial charge in [-0.2, -0.15) is 0 Å². The van der Waals surface area contributed by atoms with Gasteiger partial charge < -0.3 is 20.4 Å². The molecule has 3 amide bonds. The lowest BCUT2D eigenvalue weighted by Crippen LogP contribution is -2.53. The predicted molar refractivity (Wildman–Crippen MR) is 95.8 cm³/mol. The molecule has 10 heteroatoms. The zero-order valence-corrected chi connectivity index (χ0v) is 16.2. The number of piperidine rings is 1. The van der Waals surface area contributed by atoms with Crippen molar-refractivity contribution in [3.05, 3.63) is 0 Å². The Morgan fingerprint density at radius 1 is 1.08 bits per heavy atom. The van der Waals surface area contributed by atoms with Gasteiger partial charge >= 0.3 is 11.8 Å². The zero-order valence-electron chi connectivity index (χ0n) is 15.4. The summed E-state index contributed by atoms with van der Waals surface area (Å²) in [5, 5.41) is 0. The van der Waals surface area contributed by atoms with Gasteiger partial charge in [-0.25, -0.2) is 8.42 Å². The number of hydrogen-bond donors (Lipinski definition) is 1. The Morgan fingerprint density at radius 2 is 1.69 bits per heavy atom. The fraction of sp³-hybridized carbons (Fsp3) is 0.812. The molecule has 2 fully saturated rings. The van der Waals surface area contributed by atoms with Gasteiger partial charge in [-0.1, -0.05) is 0 Å². The third-order valence-corrected chi connectivity index (χ3v) is 6.82. The zero-order chi connectivity index (χ0) is 19.5. The maximum atomic E-state index is 12.8. The number of sulfone groups is 1. The monoisotopic (exact) mass is 388 g/mol. The summed E-state index contributed by atoms with van der Waals surface area (Å²) >= 11 is 0. The van der Waals surface area contributed by atoms with E-state index < -0.39 is 27.7 Å². The molecule has 0 spiro atoms. The number of rotatable bonds is 5. The smallest absolute Gasteiger partial charge is 0.312 e. The molecule has 0 aromatic carbocycles. The molecule has 2 heterocycles. The van der Waals surface area contributed by atoms with E-state index in [1.165, 1.54) is 9.80 Å². The highest BCUT2D eigenvalue weighted by Gasteiger charge is 2.38. The number of likely N-dealkylation sites (N-methyl/N-ethyl adjacent to an activating group) is 1. The van der Waals surface area contributed by atoms with Crippen LogP contribution in [-0.2, 0) is 24.2 Å². The van der Waals surface area contributed by atoms with Crippen LogP contribution in [0.3, 0.4) is 0 Å². The molecule has 0 saturated carbocycles. The van der Waals surface area contributed by atoms with E-state index in [4.69, 9.17) is 5.73 Å². The Balaban J connectivity index is 2.05. The standard InChI is InChI=1S/C16H28N4O5S/c1-18(2)8-9-20(13-5-10-26(24,25)11-13)16(23)15(22)19-6-3-12(4-7-19)14(17)21/h12-13H,3-11H2,1-2H3,(H2,17,21). The number of amides is 3. The van der Waals surface area contributed by atoms with Gasteiger partial charge in [-0.15, -0.1) is 0 Å². The molecule has 2 N–H and O–H groups in total. The molecule has 0 aromatic rings. The summed E-state index contributed by atoms with van der Waals surface area (Å²) in [5.41, 5.74) is 5.29. The molecule has 0 radical (unpaired) electrons. The predicted octanol–water partition coefficient (Wildman–Crippen LogP) is -1.71. The highest BCUT2D eigenvalue weighted by atomic mass is 32.2. The minimum Gasteiger partial charge on any atom is -0.369 e. The molecule has 2 saturated heterocycles. The van der Waals surface area contributed by atoms with Gasteiger partial charge in [-0.05, 0) is 33.4 Å². The Morgan fingerprint density at radius 3 is 2.15 bits per heavy atom. The topological polar surface area (TPSA) is 121 Å². The average molecular weight is 388 g/mol. The maximum Gasteiger partial charge on any atom is 0.312 e. The van der Waals surface area contributed by atoms with Gasteiger partial charge in [-0.3, -0.25) is 14.4 Å². The van der Waals surface area contributed by atoms with Crippen molar-refractivity contribution in [2.75, 3.05) is 51.8 Å². The van der Waals surface area contributed by atoms with Crippen molar-refractivity contribution < 1.29 is 22.8 Å². The summed E-state index contributed by atoms with van der Waals surface area (Å²) in [7, 11) is 0.540. The second-order valence-corrected chi connectivity index (χ2v) is 9.56. The summed E-state index contributed by atoms with van der Waals surface area (Å²) in [6.07, 6.45) is 1.26. The highest BCUT2D eigenvalue weighted by molar-refractivity contribution is 7.91. The molecule has 26 heavy (non-hydrogen) atoms. The first kappa shape index (κ1) is 20.6. The number of carbonyl (C=O) groups is 3. The van der Waals surface area contributed by atoms with Crippen LogP contribution in [0.4, 0.5) is 0 Å². The number of nitrogens with zero attached hydrogens (tertiary/aromatic N) is 3. The summed E-state index contributed by atoms with van der Waals surface area (Å²) < 4.78 is 23.6. The lowest BCUT2D eigenvalue weighted by molar-refractivity contribution is -0.154. The van der Waals surface area contributed by atoms with Gasteiger partial charge in [0.25, 0.3) is 0 Å². The molecule has 9 nitrogen and oxygen atoms in total. The normalized spacial score (nSPS) is 23.2. The molecule has 1 unspecified atom stereocenters. The second kappa shape index (κ2) is 8.34. The van der Waals surface area contributed by atoms with E-state index in [1.807, 2.05) is 19.0 Å². The lowest BCUT2D eigenvalue weighted by atomic mass is 9.96. The van der Waals surface area contributed by atoms with Crippen LogP contribution in [0.5, 0.6) is 0 Å². The van der Waals surface area contributed by atoms with Crippen LogP contribution in [0.2, 0.25) is 0 Å². The SMILES string of the molecule is CN(C)CCN(C(=O)C(=O)N1CCC(C(N)=O)CC1)C1CCS(=O)(=O)C1. The van der Waals surface area contributed by atoms with E-state index in [2.05, 4.69) is 0 Å². The van der Waals surface area contributed by atoms with E-state index in [9.17, 15) is 22.8 Å². The number of hydrogen-bond acceptors (Lipinski definition) is 6. The van der Waals surface area contributed by atoms with Crippen LogP contribution >= 0.6 is 0 Å². The number of primary amides is 1. The number of carbonyl (C=O) groups excluding carboxylic acids is 3. The largest absolute Gasteiger partial charge is 0.369 e.